The van der Waals surface area contributed by atoms with E-state index in [1.807, 2.05) is 0 Å². The van der Waals surface area contributed by atoms with Gasteiger partial charge in [-0.25, -0.2) is 4.79 Å². The number of carbonyl (C=O) groups excluding carboxylic acids is 3. The maximum Gasteiger partial charge on any atom is 0.325 e. The molecule has 1 saturated heterocycles. The van der Waals surface area contributed by atoms with Crippen molar-refractivity contribution in [3.05, 3.63) is 24.3 Å². The summed E-state index contributed by atoms with van der Waals surface area (Å²) >= 11 is 0. The Morgan fingerprint density at radius 1 is 1.47 bits per heavy atom. The molecule has 19 heavy (non-hydrogen) atoms. The Balaban J connectivity index is 1.97. The van der Waals surface area contributed by atoms with Crippen molar-refractivity contribution < 1.29 is 19.1 Å². The van der Waals surface area contributed by atoms with Gasteiger partial charge < -0.3 is 15.4 Å². The molecule has 7 heteroatoms. The van der Waals surface area contributed by atoms with Crippen LogP contribution in [0.4, 0.5) is 10.5 Å². The zero-order valence-corrected chi connectivity index (χ0v) is 10.3. The van der Waals surface area contributed by atoms with Crippen LogP contribution in [0, 0.1) is 0 Å². The third-order valence-corrected chi connectivity index (χ3v) is 2.59. The minimum atomic E-state index is -0.550. The lowest BCUT2D eigenvalue weighted by Crippen LogP contribution is -2.38. The predicted octanol–water partition coefficient (Wildman–Crippen LogP) is 0.185. The molecule has 2 rings (SSSR count). The van der Waals surface area contributed by atoms with E-state index in [1.165, 1.54) is 7.11 Å². The Morgan fingerprint density at radius 3 is 2.89 bits per heavy atom. The molecule has 7 nitrogen and oxygen atoms in total. The fourth-order valence-corrected chi connectivity index (χ4v) is 1.66. The number of methoxy groups -OCH3 is 1. The number of amides is 4. The molecule has 1 aromatic carbocycles. The van der Waals surface area contributed by atoms with Crippen LogP contribution in [0.2, 0.25) is 0 Å². The summed E-state index contributed by atoms with van der Waals surface area (Å²) in [6, 6.07) is 6.25. The van der Waals surface area contributed by atoms with Crippen molar-refractivity contribution >= 4 is 23.5 Å². The quantitative estimate of drug-likeness (QED) is 0.759. The van der Waals surface area contributed by atoms with E-state index >= 15 is 0 Å². The van der Waals surface area contributed by atoms with Crippen molar-refractivity contribution in [2.75, 3.05) is 25.5 Å². The fourth-order valence-electron chi connectivity index (χ4n) is 1.66. The van der Waals surface area contributed by atoms with Gasteiger partial charge in [-0.2, -0.15) is 0 Å². The zero-order chi connectivity index (χ0) is 13.8. The summed E-state index contributed by atoms with van der Waals surface area (Å²) in [4.78, 5) is 35.2. The second-order valence-corrected chi connectivity index (χ2v) is 3.92. The molecule has 0 saturated carbocycles. The normalized spacial score (nSPS) is 14.3. The van der Waals surface area contributed by atoms with Gasteiger partial charge in [0.05, 0.1) is 13.7 Å². The van der Waals surface area contributed by atoms with E-state index in [1.54, 1.807) is 24.3 Å². The van der Waals surface area contributed by atoms with Crippen LogP contribution in [0.1, 0.15) is 0 Å². The minimum absolute atomic E-state index is 0.0642. The summed E-state index contributed by atoms with van der Waals surface area (Å²) in [6.45, 7) is -0.368. The highest BCUT2D eigenvalue weighted by molar-refractivity contribution is 6.06. The van der Waals surface area contributed by atoms with Crippen molar-refractivity contribution in [2.24, 2.45) is 0 Å². The Hall–Kier alpha value is -2.57. The summed E-state index contributed by atoms with van der Waals surface area (Å²) < 4.78 is 5.02. The third-order valence-electron chi connectivity index (χ3n) is 2.59. The van der Waals surface area contributed by atoms with Gasteiger partial charge in [0.15, 0.2) is 0 Å². The fraction of sp³-hybridized carbons (Fsp3) is 0.250. The summed E-state index contributed by atoms with van der Waals surface area (Å²) in [5, 5.41) is 4.94. The van der Waals surface area contributed by atoms with Gasteiger partial charge in [-0.05, 0) is 12.1 Å². The first-order valence-corrected chi connectivity index (χ1v) is 5.62. The molecule has 1 aliphatic heterocycles. The summed E-state index contributed by atoms with van der Waals surface area (Å²) in [5.74, 6) is -0.253. The summed E-state index contributed by atoms with van der Waals surface area (Å²) in [6.07, 6.45) is 0. The van der Waals surface area contributed by atoms with Gasteiger partial charge in [0.1, 0.15) is 12.3 Å². The first-order chi connectivity index (χ1) is 9.10. The average molecular weight is 263 g/mol. The number of carbonyl (C=O) groups is 3. The van der Waals surface area contributed by atoms with Gasteiger partial charge in [-0.3, -0.25) is 14.5 Å². The van der Waals surface area contributed by atoms with E-state index in [9.17, 15) is 14.4 Å². The smallest absolute Gasteiger partial charge is 0.325 e. The van der Waals surface area contributed by atoms with Crippen LogP contribution in [-0.2, 0) is 9.59 Å². The number of ether oxygens (including phenoxy) is 1. The molecule has 4 amide bonds. The van der Waals surface area contributed by atoms with E-state index in [2.05, 4.69) is 10.6 Å². The molecule has 1 aromatic rings. The van der Waals surface area contributed by atoms with Crippen molar-refractivity contribution in [1.29, 1.82) is 0 Å². The van der Waals surface area contributed by atoms with E-state index in [0.717, 1.165) is 4.90 Å². The van der Waals surface area contributed by atoms with Gasteiger partial charge in [0.25, 0.3) is 5.91 Å². The standard InChI is InChI=1S/C12H13N3O4/c1-19-9-4-2-3-8(5-9)14-10(16)7-15-11(17)6-13-12(15)18/h2-5H,6-7H2,1H3,(H,13,18)(H,14,16). The number of hydrogen-bond acceptors (Lipinski definition) is 4. The van der Waals surface area contributed by atoms with Crippen LogP contribution < -0.4 is 15.4 Å². The topological polar surface area (TPSA) is 87.7 Å². The molecule has 0 bridgehead atoms. The second kappa shape index (κ2) is 5.38. The SMILES string of the molecule is COc1cccc(NC(=O)CN2C(=O)CNC2=O)c1. The number of anilines is 1. The van der Waals surface area contributed by atoms with Gasteiger partial charge in [-0.1, -0.05) is 6.07 Å². The molecular formula is C12H13N3O4. The van der Waals surface area contributed by atoms with Crippen LogP contribution >= 0.6 is 0 Å². The molecule has 1 heterocycles. The molecular weight excluding hydrogens is 250 g/mol. The highest BCUT2D eigenvalue weighted by Crippen LogP contribution is 2.16. The monoisotopic (exact) mass is 263 g/mol. The summed E-state index contributed by atoms with van der Waals surface area (Å²) in [5.41, 5.74) is 0.538. The van der Waals surface area contributed by atoms with E-state index in [-0.39, 0.29) is 13.1 Å². The van der Waals surface area contributed by atoms with E-state index in [0.29, 0.717) is 11.4 Å². The van der Waals surface area contributed by atoms with Crippen LogP contribution in [0.5, 0.6) is 5.75 Å². The number of rotatable bonds is 4. The lowest BCUT2D eigenvalue weighted by molar-refractivity contribution is -0.128. The predicted molar refractivity (Wildman–Crippen MR) is 66.7 cm³/mol. The lowest BCUT2D eigenvalue weighted by atomic mass is 10.3. The number of imide groups is 1. The molecule has 100 valence electrons. The highest BCUT2D eigenvalue weighted by atomic mass is 16.5. The van der Waals surface area contributed by atoms with Crippen molar-refractivity contribution in [3.8, 4) is 5.75 Å². The first-order valence-electron chi connectivity index (χ1n) is 5.62. The maximum absolute atomic E-state index is 11.7. The number of urea groups is 1. The van der Waals surface area contributed by atoms with E-state index in [4.69, 9.17) is 4.74 Å². The Bertz CT molecular complexity index is 513. The number of benzene rings is 1. The highest BCUT2D eigenvalue weighted by Gasteiger charge is 2.30. The second-order valence-electron chi connectivity index (χ2n) is 3.92. The maximum atomic E-state index is 11.7. The number of nitrogens with zero attached hydrogens (tertiary/aromatic N) is 1. The Morgan fingerprint density at radius 2 is 2.26 bits per heavy atom. The van der Waals surface area contributed by atoms with Crippen molar-refractivity contribution in [1.82, 2.24) is 10.2 Å². The molecule has 1 fully saturated rings. The third kappa shape index (κ3) is 3.01. The van der Waals surface area contributed by atoms with Crippen LogP contribution in [0.25, 0.3) is 0 Å². The zero-order valence-electron chi connectivity index (χ0n) is 10.3. The first kappa shape index (κ1) is 12.9. The lowest BCUT2D eigenvalue weighted by Gasteiger charge is -2.12. The van der Waals surface area contributed by atoms with E-state index < -0.39 is 17.8 Å². The van der Waals surface area contributed by atoms with Gasteiger partial charge in [0.2, 0.25) is 5.91 Å². The molecule has 0 aliphatic carbocycles. The van der Waals surface area contributed by atoms with Crippen LogP contribution in [0.3, 0.4) is 0 Å². The number of nitrogens with one attached hydrogen (secondary N) is 2. The molecule has 0 atom stereocenters. The van der Waals surface area contributed by atoms with Crippen molar-refractivity contribution in [3.63, 3.8) is 0 Å². The average Bonchev–Trinajstić information content (AvgIpc) is 2.71. The Kier molecular flexibility index (Phi) is 3.65. The largest absolute Gasteiger partial charge is 0.497 e. The van der Waals surface area contributed by atoms with Gasteiger partial charge in [0, 0.05) is 11.8 Å². The summed E-state index contributed by atoms with van der Waals surface area (Å²) in [7, 11) is 1.52. The van der Waals surface area contributed by atoms with Gasteiger partial charge in [-0.15, -0.1) is 0 Å². The molecule has 0 radical (unpaired) electrons. The van der Waals surface area contributed by atoms with Crippen LogP contribution in [0.15, 0.2) is 24.3 Å². The van der Waals surface area contributed by atoms with Crippen molar-refractivity contribution in [2.45, 2.75) is 0 Å². The molecule has 1 aliphatic rings. The molecule has 2 N–H and O–H groups in total. The molecule has 0 aromatic heterocycles. The number of hydrogen-bond donors (Lipinski definition) is 2. The molecule has 0 unspecified atom stereocenters. The minimum Gasteiger partial charge on any atom is -0.497 e. The van der Waals surface area contributed by atoms with Crippen LogP contribution in [-0.4, -0.2) is 42.9 Å². The Labute approximate surface area is 109 Å². The molecule has 0 spiro atoms. The van der Waals surface area contributed by atoms with Gasteiger partial charge >= 0.3 is 6.03 Å².